The average molecular weight is 440 g/mol. The van der Waals surface area contributed by atoms with Crippen LogP contribution >= 0.6 is 11.6 Å². The third-order valence-electron chi connectivity index (χ3n) is 5.19. The summed E-state index contributed by atoms with van der Waals surface area (Å²) in [5.41, 5.74) is 0.110. The quantitative estimate of drug-likeness (QED) is 0.568. The van der Waals surface area contributed by atoms with Crippen molar-refractivity contribution in [2.75, 3.05) is 6.54 Å². The fraction of sp³-hybridized carbons (Fsp3) is 0.286. The van der Waals surface area contributed by atoms with Crippen molar-refractivity contribution in [2.24, 2.45) is 7.05 Å². The lowest BCUT2D eigenvalue weighted by atomic mass is 10.0. The number of rotatable bonds is 4. The van der Waals surface area contributed by atoms with Crippen molar-refractivity contribution in [1.82, 2.24) is 14.3 Å². The van der Waals surface area contributed by atoms with Crippen LogP contribution in [-0.2, 0) is 32.6 Å². The molecule has 4 rings (SSSR count). The Labute approximate surface area is 174 Å². The molecule has 0 saturated carbocycles. The maximum absolute atomic E-state index is 15.0. The summed E-state index contributed by atoms with van der Waals surface area (Å²) in [6.45, 7) is -0.681. The second-order valence-corrected chi connectivity index (χ2v) is 7.90. The van der Waals surface area contributed by atoms with Crippen LogP contribution < -0.4 is 5.56 Å². The molecular formula is C21H18ClF4N3O. The second kappa shape index (κ2) is 7.59. The molecule has 3 aromatic rings. The third kappa shape index (κ3) is 3.89. The van der Waals surface area contributed by atoms with Gasteiger partial charge in [0.1, 0.15) is 17.3 Å². The van der Waals surface area contributed by atoms with Crippen LogP contribution in [0.2, 0.25) is 5.02 Å². The van der Waals surface area contributed by atoms with Crippen LogP contribution in [0, 0.1) is 11.6 Å². The minimum Gasteiger partial charge on any atom is -0.288 e. The van der Waals surface area contributed by atoms with Crippen LogP contribution in [0.3, 0.4) is 0 Å². The molecule has 1 aliphatic rings. The summed E-state index contributed by atoms with van der Waals surface area (Å²) in [5, 5.41) is 0.535. The van der Waals surface area contributed by atoms with Crippen molar-refractivity contribution < 1.29 is 17.6 Å². The number of fused-ring (bicyclic) bond motifs is 1. The van der Waals surface area contributed by atoms with Crippen LogP contribution in [-0.4, -0.2) is 20.8 Å². The summed E-state index contributed by atoms with van der Waals surface area (Å²) in [5.74, 6) is -4.85. The van der Waals surface area contributed by atoms with E-state index in [1.54, 1.807) is 24.3 Å². The standard InChI is InChI=1S/C21H18ClF4N3O/c1-27-19-18(20(30)29(27)10-13-2-4-15(22)5-3-13)11-28(12-21(19,25)26)9-14-6-16(23)8-17(24)7-14/h2-8H,9-12H2,1H3. The van der Waals surface area contributed by atoms with E-state index in [-0.39, 0.29) is 36.5 Å². The Morgan fingerprint density at radius 1 is 1.00 bits per heavy atom. The third-order valence-corrected chi connectivity index (χ3v) is 5.44. The van der Waals surface area contributed by atoms with Gasteiger partial charge in [-0.3, -0.25) is 14.4 Å². The molecule has 0 fully saturated rings. The smallest absolute Gasteiger partial charge is 0.288 e. The van der Waals surface area contributed by atoms with Crippen LogP contribution in [0.4, 0.5) is 17.6 Å². The second-order valence-electron chi connectivity index (χ2n) is 7.47. The van der Waals surface area contributed by atoms with E-state index in [9.17, 15) is 22.4 Å². The van der Waals surface area contributed by atoms with Crippen molar-refractivity contribution in [1.29, 1.82) is 0 Å². The predicted molar refractivity (Wildman–Crippen MR) is 105 cm³/mol. The SMILES string of the molecule is Cn1c2c(c(=O)n1Cc1ccc(Cl)cc1)CN(Cc1cc(F)cc(F)c1)CC2(F)F. The van der Waals surface area contributed by atoms with E-state index in [2.05, 4.69) is 0 Å². The van der Waals surface area contributed by atoms with Crippen molar-refractivity contribution in [3.63, 3.8) is 0 Å². The highest BCUT2D eigenvalue weighted by molar-refractivity contribution is 6.30. The number of benzene rings is 2. The Kier molecular flexibility index (Phi) is 5.23. The highest BCUT2D eigenvalue weighted by Crippen LogP contribution is 2.36. The normalized spacial score (nSPS) is 15.9. The van der Waals surface area contributed by atoms with Gasteiger partial charge >= 0.3 is 5.92 Å². The van der Waals surface area contributed by atoms with Crippen LogP contribution in [0.25, 0.3) is 0 Å². The summed E-state index contributed by atoms with van der Waals surface area (Å²) in [6.07, 6.45) is 0. The Morgan fingerprint density at radius 3 is 2.27 bits per heavy atom. The van der Waals surface area contributed by atoms with E-state index >= 15 is 0 Å². The molecule has 0 spiro atoms. The van der Waals surface area contributed by atoms with E-state index in [1.165, 1.54) is 21.3 Å². The average Bonchev–Trinajstić information content (AvgIpc) is 2.87. The lowest BCUT2D eigenvalue weighted by Gasteiger charge is -2.32. The first-order valence-corrected chi connectivity index (χ1v) is 9.60. The molecular weight excluding hydrogens is 422 g/mol. The number of hydrogen-bond donors (Lipinski definition) is 0. The zero-order valence-corrected chi connectivity index (χ0v) is 16.8. The van der Waals surface area contributed by atoms with E-state index in [1.807, 2.05) is 0 Å². The van der Waals surface area contributed by atoms with Gasteiger partial charge in [-0.05, 0) is 35.4 Å². The highest BCUT2D eigenvalue weighted by atomic mass is 35.5. The highest BCUT2D eigenvalue weighted by Gasteiger charge is 2.45. The van der Waals surface area contributed by atoms with Crippen LogP contribution in [0.5, 0.6) is 0 Å². The van der Waals surface area contributed by atoms with Crippen molar-refractivity contribution >= 4 is 11.6 Å². The van der Waals surface area contributed by atoms with Crippen LogP contribution in [0.1, 0.15) is 22.4 Å². The van der Waals surface area contributed by atoms with Gasteiger partial charge in [-0.15, -0.1) is 0 Å². The maximum Gasteiger partial charge on any atom is 0.302 e. The minimum absolute atomic E-state index is 0.0143. The summed E-state index contributed by atoms with van der Waals surface area (Å²) in [6, 6.07) is 9.70. The first kappa shape index (κ1) is 20.7. The van der Waals surface area contributed by atoms with Gasteiger partial charge in [0.15, 0.2) is 0 Å². The van der Waals surface area contributed by atoms with Gasteiger partial charge in [0.2, 0.25) is 0 Å². The molecule has 158 valence electrons. The Morgan fingerprint density at radius 2 is 1.63 bits per heavy atom. The molecule has 0 amide bonds. The monoisotopic (exact) mass is 439 g/mol. The molecule has 0 N–H and O–H groups in total. The van der Waals surface area contributed by atoms with Crippen molar-refractivity contribution in [3.05, 3.63) is 91.9 Å². The fourth-order valence-corrected chi connectivity index (χ4v) is 4.08. The molecule has 0 aliphatic carbocycles. The van der Waals surface area contributed by atoms with Gasteiger partial charge in [-0.2, -0.15) is 8.78 Å². The molecule has 0 unspecified atom stereocenters. The van der Waals surface area contributed by atoms with Gasteiger partial charge in [0, 0.05) is 31.2 Å². The zero-order chi connectivity index (χ0) is 21.6. The largest absolute Gasteiger partial charge is 0.302 e. The van der Waals surface area contributed by atoms with Gasteiger partial charge in [-0.1, -0.05) is 23.7 Å². The topological polar surface area (TPSA) is 30.2 Å². The molecule has 1 aliphatic heterocycles. The van der Waals surface area contributed by atoms with E-state index in [0.29, 0.717) is 5.02 Å². The number of halogens is 5. The van der Waals surface area contributed by atoms with Gasteiger partial charge < -0.3 is 0 Å². The lowest BCUT2D eigenvalue weighted by molar-refractivity contribution is -0.0616. The molecule has 4 nitrogen and oxygen atoms in total. The molecule has 30 heavy (non-hydrogen) atoms. The summed E-state index contributed by atoms with van der Waals surface area (Å²) < 4.78 is 59.3. The number of aromatic nitrogens is 2. The van der Waals surface area contributed by atoms with Crippen molar-refractivity contribution in [2.45, 2.75) is 25.6 Å². The maximum atomic E-state index is 15.0. The first-order chi connectivity index (χ1) is 14.1. The van der Waals surface area contributed by atoms with E-state index in [0.717, 1.165) is 23.8 Å². The summed E-state index contributed by atoms with van der Waals surface area (Å²) >= 11 is 5.87. The number of hydrogen-bond acceptors (Lipinski definition) is 2. The fourth-order valence-electron chi connectivity index (χ4n) is 3.96. The Hall–Kier alpha value is -2.58. The molecule has 9 heteroatoms. The van der Waals surface area contributed by atoms with Gasteiger partial charge in [-0.25, -0.2) is 13.5 Å². The number of alkyl halides is 2. The molecule has 0 bridgehead atoms. The number of nitrogens with zero attached hydrogens (tertiary/aromatic N) is 3. The van der Waals surface area contributed by atoms with Crippen molar-refractivity contribution in [3.8, 4) is 0 Å². The van der Waals surface area contributed by atoms with E-state index < -0.39 is 29.7 Å². The van der Waals surface area contributed by atoms with E-state index in [4.69, 9.17) is 11.6 Å². The predicted octanol–water partition coefficient (Wildman–Crippen LogP) is 4.27. The van der Waals surface area contributed by atoms with Gasteiger partial charge in [0.05, 0.1) is 18.7 Å². The molecule has 2 aromatic carbocycles. The summed E-state index contributed by atoms with van der Waals surface area (Å²) in [4.78, 5) is 14.3. The lowest BCUT2D eigenvalue weighted by Crippen LogP contribution is -2.42. The van der Waals surface area contributed by atoms with Gasteiger partial charge in [0.25, 0.3) is 5.56 Å². The zero-order valence-electron chi connectivity index (χ0n) is 16.0. The Bertz CT molecular complexity index is 1130. The minimum atomic E-state index is -3.29. The van der Waals surface area contributed by atoms with Crippen LogP contribution in [0.15, 0.2) is 47.3 Å². The molecule has 0 radical (unpaired) electrons. The summed E-state index contributed by atoms with van der Waals surface area (Å²) in [7, 11) is 1.43. The molecule has 0 saturated heterocycles. The Balaban J connectivity index is 1.67. The first-order valence-electron chi connectivity index (χ1n) is 9.23. The molecule has 2 heterocycles. The molecule has 1 aromatic heterocycles. The molecule has 0 atom stereocenters.